The fourth-order valence-corrected chi connectivity index (χ4v) is 3.20. The average molecular weight is 329 g/mol. The van der Waals surface area contributed by atoms with Crippen LogP contribution in [0, 0.1) is 5.82 Å². The molecule has 2 rings (SSSR count). The van der Waals surface area contributed by atoms with E-state index in [4.69, 9.17) is 29.6 Å². The SMILES string of the molecule is NC(=S)C1(NC(=O)c2cccc(F)c2Cl)CCCCCC1. The second-order valence-electron chi connectivity index (χ2n) is 5.42. The summed E-state index contributed by atoms with van der Waals surface area (Å²) >= 11 is 11.0. The van der Waals surface area contributed by atoms with Crippen molar-refractivity contribution in [2.75, 3.05) is 0 Å². The predicted octanol–water partition coefficient (Wildman–Crippen LogP) is 3.59. The van der Waals surface area contributed by atoms with Crippen LogP contribution in [0.4, 0.5) is 4.39 Å². The van der Waals surface area contributed by atoms with Gasteiger partial charge in [0.25, 0.3) is 5.91 Å². The van der Waals surface area contributed by atoms with Crippen molar-refractivity contribution in [2.45, 2.75) is 44.1 Å². The van der Waals surface area contributed by atoms with Crippen molar-refractivity contribution in [1.29, 1.82) is 0 Å². The van der Waals surface area contributed by atoms with Crippen molar-refractivity contribution in [2.24, 2.45) is 5.73 Å². The zero-order valence-corrected chi connectivity index (χ0v) is 13.2. The van der Waals surface area contributed by atoms with Crippen molar-refractivity contribution in [3.63, 3.8) is 0 Å². The molecule has 0 bridgehead atoms. The van der Waals surface area contributed by atoms with Gasteiger partial charge in [0, 0.05) is 0 Å². The van der Waals surface area contributed by atoms with E-state index in [1.807, 2.05) is 0 Å². The zero-order chi connectivity index (χ0) is 15.5. The highest BCUT2D eigenvalue weighted by Gasteiger charge is 2.36. The molecule has 1 aliphatic carbocycles. The number of nitrogens with two attached hydrogens (primary N) is 1. The molecule has 0 unspecified atom stereocenters. The van der Waals surface area contributed by atoms with Crippen LogP contribution >= 0.6 is 23.8 Å². The van der Waals surface area contributed by atoms with Gasteiger partial charge in [0.2, 0.25) is 0 Å². The van der Waals surface area contributed by atoms with Crippen LogP contribution in [-0.2, 0) is 0 Å². The number of carbonyl (C=O) groups is 1. The third-order valence-electron chi connectivity index (χ3n) is 3.98. The first kappa shape index (κ1) is 16.2. The summed E-state index contributed by atoms with van der Waals surface area (Å²) in [6, 6.07) is 4.16. The molecule has 0 saturated heterocycles. The van der Waals surface area contributed by atoms with Crippen LogP contribution in [0.2, 0.25) is 5.02 Å². The van der Waals surface area contributed by atoms with Crippen molar-refractivity contribution in [3.05, 3.63) is 34.6 Å². The van der Waals surface area contributed by atoms with Crippen LogP contribution in [0.5, 0.6) is 0 Å². The zero-order valence-electron chi connectivity index (χ0n) is 11.6. The Labute approximate surface area is 134 Å². The first-order valence-electron chi connectivity index (χ1n) is 7.03. The van der Waals surface area contributed by atoms with E-state index in [0.29, 0.717) is 12.8 Å². The van der Waals surface area contributed by atoms with Gasteiger partial charge in [-0.05, 0) is 25.0 Å². The van der Waals surface area contributed by atoms with Crippen molar-refractivity contribution in [1.82, 2.24) is 5.32 Å². The average Bonchev–Trinajstić information content (AvgIpc) is 2.68. The third kappa shape index (κ3) is 3.52. The minimum absolute atomic E-state index is 0.108. The summed E-state index contributed by atoms with van der Waals surface area (Å²) in [7, 11) is 0. The van der Waals surface area contributed by atoms with Gasteiger partial charge in [0.05, 0.1) is 21.1 Å². The number of rotatable bonds is 3. The Kier molecular flexibility index (Phi) is 5.17. The molecule has 0 spiro atoms. The lowest BCUT2D eigenvalue weighted by molar-refractivity contribution is 0.0917. The molecule has 3 nitrogen and oxygen atoms in total. The second-order valence-corrected chi connectivity index (χ2v) is 6.23. The Bertz CT molecular complexity index is 557. The quantitative estimate of drug-likeness (QED) is 0.658. The van der Waals surface area contributed by atoms with Gasteiger partial charge < -0.3 is 11.1 Å². The molecule has 0 heterocycles. The Morgan fingerprint density at radius 3 is 2.48 bits per heavy atom. The lowest BCUT2D eigenvalue weighted by Crippen LogP contribution is -2.56. The Morgan fingerprint density at radius 2 is 1.90 bits per heavy atom. The standard InChI is InChI=1S/C15H18ClFN2OS/c16-12-10(6-5-7-11(12)17)13(20)19-15(14(18)21)8-3-1-2-4-9-15/h5-7H,1-4,8-9H2,(H2,18,21)(H,19,20). The molecule has 1 saturated carbocycles. The fourth-order valence-electron chi connectivity index (χ4n) is 2.73. The van der Waals surface area contributed by atoms with E-state index in [0.717, 1.165) is 25.7 Å². The number of thiocarbonyl (C=S) groups is 1. The van der Waals surface area contributed by atoms with Crippen LogP contribution in [0.3, 0.4) is 0 Å². The Balaban J connectivity index is 2.26. The van der Waals surface area contributed by atoms with E-state index in [-0.39, 0.29) is 15.6 Å². The van der Waals surface area contributed by atoms with Crippen LogP contribution in [0.15, 0.2) is 18.2 Å². The summed E-state index contributed by atoms with van der Waals surface area (Å²) in [6.07, 6.45) is 5.52. The van der Waals surface area contributed by atoms with E-state index in [9.17, 15) is 9.18 Å². The minimum atomic E-state index is -0.696. The highest BCUT2D eigenvalue weighted by atomic mass is 35.5. The van der Waals surface area contributed by atoms with Gasteiger partial charge in [-0.2, -0.15) is 0 Å². The summed E-state index contributed by atoms with van der Waals surface area (Å²) in [5.74, 6) is -1.05. The molecular formula is C15H18ClFN2OS. The highest BCUT2D eigenvalue weighted by molar-refractivity contribution is 7.80. The first-order valence-corrected chi connectivity index (χ1v) is 7.81. The molecule has 1 fully saturated rings. The van der Waals surface area contributed by atoms with Gasteiger partial charge >= 0.3 is 0 Å². The molecule has 1 amide bonds. The van der Waals surface area contributed by atoms with E-state index in [2.05, 4.69) is 5.32 Å². The summed E-state index contributed by atoms with van der Waals surface area (Å²) in [5, 5.41) is 2.72. The first-order chi connectivity index (χ1) is 9.96. The van der Waals surface area contributed by atoms with Gasteiger partial charge in [-0.25, -0.2) is 4.39 Å². The molecule has 0 aromatic heterocycles. The molecule has 1 aromatic carbocycles. The summed E-state index contributed by atoms with van der Waals surface area (Å²) in [6.45, 7) is 0. The predicted molar refractivity (Wildman–Crippen MR) is 86.1 cm³/mol. The topological polar surface area (TPSA) is 55.1 Å². The number of amides is 1. The molecular weight excluding hydrogens is 311 g/mol. The van der Waals surface area contributed by atoms with Crippen LogP contribution in [-0.4, -0.2) is 16.4 Å². The van der Waals surface area contributed by atoms with E-state index < -0.39 is 17.3 Å². The van der Waals surface area contributed by atoms with Crippen LogP contribution in [0.25, 0.3) is 0 Å². The maximum Gasteiger partial charge on any atom is 0.253 e. The lowest BCUT2D eigenvalue weighted by Gasteiger charge is -2.33. The molecule has 1 aromatic rings. The molecule has 3 N–H and O–H groups in total. The van der Waals surface area contributed by atoms with Crippen molar-refractivity contribution < 1.29 is 9.18 Å². The Morgan fingerprint density at radius 1 is 1.29 bits per heavy atom. The number of hydrogen-bond donors (Lipinski definition) is 2. The van der Waals surface area contributed by atoms with E-state index in [1.165, 1.54) is 18.2 Å². The van der Waals surface area contributed by atoms with Crippen molar-refractivity contribution in [3.8, 4) is 0 Å². The van der Waals surface area contributed by atoms with Crippen LogP contribution in [0.1, 0.15) is 48.9 Å². The van der Waals surface area contributed by atoms with Gasteiger partial charge in [-0.3, -0.25) is 4.79 Å². The molecule has 1 aliphatic rings. The number of benzene rings is 1. The Hall–Kier alpha value is -1.20. The molecule has 114 valence electrons. The van der Waals surface area contributed by atoms with E-state index in [1.54, 1.807) is 0 Å². The largest absolute Gasteiger partial charge is 0.391 e. The molecule has 21 heavy (non-hydrogen) atoms. The maximum atomic E-state index is 13.5. The van der Waals surface area contributed by atoms with Crippen molar-refractivity contribution >= 4 is 34.7 Å². The monoisotopic (exact) mass is 328 g/mol. The smallest absolute Gasteiger partial charge is 0.253 e. The molecule has 0 radical (unpaired) electrons. The minimum Gasteiger partial charge on any atom is -0.391 e. The normalized spacial score (nSPS) is 17.8. The van der Waals surface area contributed by atoms with Gasteiger partial charge in [-0.15, -0.1) is 0 Å². The highest BCUT2D eigenvalue weighted by Crippen LogP contribution is 2.29. The third-order valence-corrected chi connectivity index (χ3v) is 4.75. The lowest BCUT2D eigenvalue weighted by atomic mass is 9.89. The summed E-state index contributed by atoms with van der Waals surface area (Å²) in [5.41, 5.74) is 5.29. The number of hydrogen-bond acceptors (Lipinski definition) is 2. The summed E-state index contributed by atoms with van der Waals surface area (Å²) < 4.78 is 13.5. The fraction of sp³-hybridized carbons (Fsp3) is 0.467. The van der Waals surface area contributed by atoms with Crippen LogP contribution < -0.4 is 11.1 Å². The van der Waals surface area contributed by atoms with Gasteiger partial charge in [0.1, 0.15) is 5.82 Å². The molecule has 0 aliphatic heterocycles. The van der Waals surface area contributed by atoms with Gasteiger partial charge in [-0.1, -0.05) is 55.6 Å². The molecule has 0 atom stereocenters. The van der Waals surface area contributed by atoms with Gasteiger partial charge in [0.15, 0.2) is 0 Å². The number of halogens is 2. The summed E-state index contributed by atoms with van der Waals surface area (Å²) in [4.78, 5) is 12.7. The maximum absolute atomic E-state index is 13.5. The van der Waals surface area contributed by atoms with E-state index >= 15 is 0 Å². The molecule has 6 heteroatoms. The number of nitrogens with one attached hydrogen (secondary N) is 1. The number of carbonyl (C=O) groups excluding carboxylic acids is 1. The second kappa shape index (κ2) is 6.71.